The van der Waals surface area contributed by atoms with Gasteiger partial charge in [-0.05, 0) is 6.42 Å². The molecule has 4 nitrogen and oxygen atoms in total. The Kier molecular flexibility index (Phi) is 3.53. The average molecular weight is 202 g/mol. The summed E-state index contributed by atoms with van der Waals surface area (Å²) in [6.45, 7) is 0.401. The molecule has 1 atom stereocenters. The number of carbonyl (C=O) groups is 1. The zero-order valence-electron chi connectivity index (χ0n) is 7.19. The Hall–Kier alpha value is -0.780. The Labute approximate surface area is 77.1 Å². The lowest BCUT2D eigenvalue weighted by molar-refractivity contribution is -0.139. The van der Waals surface area contributed by atoms with Crippen LogP contribution in [0.4, 0.5) is 0 Å². The molecule has 5 heteroatoms. The van der Waals surface area contributed by atoms with Gasteiger partial charge < -0.3 is 9.26 Å². The van der Waals surface area contributed by atoms with Crippen molar-refractivity contribution in [3.8, 4) is 12.3 Å². The Balaban J connectivity index is 2.35. The van der Waals surface area contributed by atoms with Crippen molar-refractivity contribution in [2.75, 3.05) is 25.5 Å². The van der Waals surface area contributed by atoms with Gasteiger partial charge in [-0.2, -0.15) is 0 Å². The van der Waals surface area contributed by atoms with Crippen molar-refractivity contribution in [1.82, 2.24) is 0 Å². The van der Waals surface area contributed by atoms with Gasteiger partial charge in [0.15, 0.2) is 6.61 Å². The summed E-state index contributed by atoms with van der Waals surface area (Å²) in [4.78, 5) is 11.0. The highest BCUT2D eigenvalue weighted by atomic mass is 31.2. The summed E-state index contributed by atoms with van der Waals surface area (Å²) < 4.78 is 21.2. The second-order valence-electron chi connectivity index (χ2n) is 2.75. The quantitative estimate of drug-likeness (QED) is 0.387. The fraction of sp³-hybridized carbons (Fsp3) is 0.625. The van der Waals surface area contributed by atoms with Crippen LogP contribution in [-0.4, -0.2) is 31.5 Å². The highest BCUT2D eigenvalue weighted by Gasteiger charge is 2.31. The third kappa shape index (κ3) is 3.22. The third-order valence-electron chi connectivity index (χ3n) is 1.66. The summed E-state index contributed by atoms with van der Waals surface area (Å²) in [5, 5.41) is 0. The van der Waals surface area contributed by atoms with Crippen LogP contribution in [0.25, 0.3) is 0 Å². The Morgan fingerprint density at radius 2 is 2.46 bits per heavy atom. The van der Waals surface area contributed by atoms with Crippen molar-refractivity contribution in [2.45, 2.75) is 6.42 Å². The van der Waals surface area contributed by atoms with E-state index in [2.05, 4.69) is 10.7 Å². The van der Waals surface area contributed by atoms with E-state index in [0.717, 1.165) is 6.42 Å². The van der Waals surface area contributed by atoms with Crippen LogP contribution in [0.2, 0.25) is 0 Å². The minimum atomic E-state index is -2.71. The van der Waals surface area contributed by atoms with Gasteiger partial charge in [0, 0.05) is 6.16 Å². The van der Waals surface area contributed by atoms with Crippen molar-refractivity contribution < 1.29 is 18.6 Å². The molecule has 0 aliphatic carbocycles. The van der Waals surface area contributed by atoms with E-state index in [1.54, 1.807) is 0 Å². The number of terminal acetylenes is 1. The van der Waals surface area contributed by atoms with Crippen LogP contribution < -0.4 is 0 Å². The molecule has 1 rings (SSSR count). The summed E-state index contributed by atoms with van der Waals surface area (Å²) in [7, 11) is -2.71. The summed E-state index contributed by atoms with van der Waals surface area (Å²) in [6, 6.07) is 0. The van der Waals surface area contributed by atoms with Crippen LogP contribution in [0.3, 0.4) is 0 Å². The molecule has 0 bridgehead atoms. The van der Waals surface area contributed by atoms with Gasteiger partial charge in [0.1, 0.15) is 6.16 Å². The zero-order chi connectivity index (χ0) is 9.73. The molecule has 1 saturated heterocycles. The van der Waals surface area contributed by atoms with Crippen molar-refractivity contribution in [2.24, 2.45) is 0 Å². The van der Waals surface area contributed by atoms with Crippen LogP contribution in [0.15, 0.2) is 0 Å². The number of hydrogen-bond donors (Lipinski definition) is 0. The molecule has 13 heavy (non-hydrogen) atoms. The van der Waals surface area contributed by atoms with Gasteiger partial charge in [-0.15, -0.1) is 6.42 Å². The lowest BCUT2D eigenvalue weighted by Crippen LogP contribution is -2.10. The molecule has 0 aromatic carbocycles. The van der Waals surface area contributed by atoms with Gasteiger partial charge in [0.25, 0.3) is 0 Å². The first-order chi connectivity index (χ1) is 6.16. The maximum absolute atomic E-state index is 11.6. The van der Waals surface area contributed by atoms with Gasteiger partial charge in [0.2, 0.25) is 7.37 Å². The summed E-state index contributed by atoms with van der Waals surface area (Å²) in [6.07, 6.45) is 5.97. The second-order valence-corrected chi connectivity index (χ2v) is 5.40. The molecule has 0 aromatic heterocycles. The number of ether oxygens (including phenoxy) is 1. The second kappa shape index (κ2) is 4.45. The first-order valence-electron chi connectivity index (χ1n) is 3.98. The summed E-state index contributed by atoms with van der Waals surface area (Å²) >= 11 is 0. The Morgan fingerprint density at radius 3 is 3.00 bits per heavy atom. The van der Waals surface area contributed by atoms with E-state index in [0.29, 0.717) is 12.8 Å². The van der Waals surface area contributed by atoms with Crippen LogP contribution in [-0.2, 0) is 18.6 Å². The van der Waals surface area contributed by atoms with E-state index in [4.69, 9.17) is 10.9 Å². The fourth-order valence-corrected chi connectivity index (χ4v) is 3.03. The first kappa shape index (κ1) is 10.3. The van der Waals surface area contributed by atoms with Crippen LogP contribution in [0, 0.1) is 12.3 Å². The van der Waals surface area contributed by atoms with Crippen molar-refractivity contribution in [3.63, 3.8) is 0 Å². The highest BCUT2D eigenvalue weighted by molar-refractivity contribution is 7.60. The Bertz CT molecular complexity index is 268. The normalized spacial score (nSPS) is 26.7. The van der Waals surface area contributed by atoms with Crippen molar-refractivity contribution in [1.29, 1.82) is 0 Å². The molecule has 0 aromatic rings. The fourth-order valence-electron chi connectivity index (χ4n) is 1.09. The van der Waals surface area contributed by atoms with E-state index < -0.39 is 13.3 Å². The van der Waals surface area contributed by atoms with E-state index in [1.165, 1.54) is 0 Å². The molecule has 1 aliphatic rings. The molecule has 0 saturated carbocycles. The largest absolute Gasteiger partial charge is 0.452 e. The molecule has 0 spiro atoms. The van der Waals surface area contributed by atoms with Gasteiger partial charge in [-0.1, -0.05) is 5.92 Å². The number of hydrogen-bond acceptors (Lipinski definition) is 4. The van der Waals surface area contributed by atoms with Crippen LogP contribution in [0.5, 0.6) is 0 Å². The van der Waals surface area contributed by atoms with Crippen molar-refractivity contribution >= 4 is 13.3 Å². The van der Waals surface area contributed by atoms with Gasteiger partial charge in [-0.3, -0.25) is 9.36 Å². The molecule has 0 radical (unpaired) electrons. The lowest BCUT2D eigenvalue weighted by atomic mass is 10.5. The van der Waals surface area contributed by atoms with Crippen LogP contribution >= 0.6 is 7.37 Å². The molecular formula is C8H11O4P. The molecular weight excluding hydrogens is 191 g/mol. The topological polar surface area (TPSA) is 52.6 Å². The summed E-state index contributed by atoms with van der Waals surface area (Å²) in [5.41, 5.74) is 0. The first-order valence-corrected chi connectivity index (χ1v) is 5.97. The smallest absolute Gasteiger partial charge is 0.316 e. The third-order valence-corrected chi connectivity index (χ3v) is 4.05. The summed E-state index contributed by atoms with van der Waals surface area (Å²) in [5.74, 6) is 1.62. The van der Waals surface area contributed by atoms with Crippen LogP contribution in [0.1, 0.15) is 6.42 Å². The molecule has 0 amide bonds. The zero-order valence-corrected chi connectivity index (χ0v) is 8.09. The van der Waals surface area contributed by atoms with Gasteiger partial charge >= 0.3 is 5.97 Å². The number of rotatable bonds is 3. The molecule has 1 unspecified atom stereocenters. The highest BCUT2D eigenvalue weighted by Crippen LogP contribution is 2.51. The standard InChI is InChI=1S/C8H11O4P/c1-2-4-11-8(9)7-13(10)6-3-5-12-13/h1H,3-7H2. The minimum absolute atomic E-state index is 0.0706. The predicted octanol–water partition coefficient (Wildman–Crippen LogP) is 0.861. The SMILES string of the molecule is C#CCOC(=O)CP1(=O)CCCO1. The van der Waals surface area contributed by atoms with Gasteiger partial charge in [-0.25, -0.2) is 0 Å². The number of esters is 1. The lowest BCUT2D eigenvalue weighted by Gasteiger charge is -2.08. The van der Waals surface area contributed by atoms with E-state index >= 15 is 0 Å². The average Bonchev–Trinajstić information content (AvgIpc) is 2.48. The molecule has 1 aliphatic heterocycles. The van der Waals surface area contributed by atoms with E-state index in [1.807, 2.05) is 0 Å². The predicted molar refractivity (Wildman–Crippen MR) is 47.7 cm³/mol. The van der Waals surface area contributed by atoms with Gasteiger partial charge in [0.05, 0.1) is 6.61 Å². The maximum atomic E-state index is 11.6. The van der Waals surface area contributed by atoms with Crippen molar-refractivity contribution in [3.05, 3.63) is 0 Å². The monoisotopic (exact) mass is 202 g/mol. The molecule has 1 fully saturated rings. The van der Waals surface area contributed by atoms with E-state index in [-0.39, 0.29) is 12.8 Å². The molecule has 0 N–H and O–H groups in total. The van der Waals surface area contributed by atoms with E-state index in [9.17, 15) is 9.36 Å². The molecule has 72 valence electrons. The molecule has 1 heterocycles. The number of carbonyl (C=O) groups excluding carboxylic acids is 1. The maximum Gasteiger partial charge on any atom is 0.316 e. The minimum Gasteiger partial charge on any atom is -0.452 e. The Morgan fingerprint density at radius 1 is 1.69 bits per heavy atom.